The first kappa shape index (κ1) is 17.7. The van der Waals surface area contributed by atoms with E-state index in [1.165, 1.54) is 5.56 Å². The number of carbonyl (C=O) groups is 1. The quantitative estimate of drug-likeness (QED) is 0.541. The van der Waals surface area contributed by atoms with Crippen molar-refractivity contribution in [3.8, 4) is 5.75 Å². The maximum Gasteiger partial charge on any atom is 0.258 e. The third-order valence-corrected chi connectivity index (χ3v) is 4.40. The van der Waals surface area contributed by atoms with Gasteiger partial charge in [0.1, 0.15) is 5.75 Å². The lowest BCUT2D eigenvalue weighted by atomic mass is 10.0. The fourth-order valence-corrected chi connectivity index (χ4v) is 2.99. The number of nitrogens with one attached hydrogen (secondary N) is 1. The van der Waals surface area contributed by atoms with Crippen molar-refractivity contribution < 1.29 is 9.53 Å². The molecule has 0 saturated carbocycles. The summed E-state index contributed by atoms with van der Waals surface area (Å²) in [7, 11) is 0. The van der Waals surface area contributed by atoms with E-state index < -0.39 is 0 Å². The molecule has 4 rings (SSSR count). The van der Waals surface area contributed by atoms with Crippen molar-refractivity contribution in [3.63, 3.8) is 0 Å². The van der Waals surface area contributed by atoms with Crippen molar-refractivity contribution in [3.05, 3.63) is 95.9 Å². The van der Waals surface area contributed by atoms with E-state index in [-0.39, 0.29) is 12.5 Å². The molecule has 0 radical (unpaired) electrons. The molecule has 6 heteroatoms. The molecule has 2 heterocycles. The van der Waals surface area contributed by atoms with E-state index in [0.29, 0.717) is 12.4 Å². The molecule has 140 valence electrons. The summed E-state index contributed by atoms with van der Waals surface area (Å²) >= 11 is 0. The minimum absolute atomic E-state index is 0.0530. The Kier molecular flexibility index (Phi) is 5.29. The lowest BCUT2D eigenvalue weighted by molar-refractivity contribution is -0.123. The predicted molar refractivity (Wildman–Crippen MR) is 106 cm³/mol. The molecule has 4 aromatic rings. The molecule has 0 aliphatic heterocycles. The molecule has 0 atom stereocenters. The number of rotatable bonds is 7. The fraction of sp³-hybridized carbons (Fsp3) is 0.136. The number of benzene rings is 2. The van der Waals surface area contributed by atoms with Crippen molar-refractivity contribution in [2.75, 3.05) is 6.61 Å². The number of para-hydroxylation sites is 1. The van der Waals surface area contributed by atoms with Crippen LogP contribution >= 0.6 is 0 Å². The van der Waals surface area contributed by atoms with Crippen LogP contribution in [0.5, 0.6) is 5.75 Å². The number of hydrogen-bond donors (Lipinski definition) is 1. The van der Waals surface area contributed by atoms with Gasteiger partial charge in [-0.2, -0.15) is 0 Å². The number of pyridine rings is 1. The van der Waals surface area contributed by atoms with Gasteiger partial charge >= 0.3 is 0 Å². The van der Waals surface area contributed by atoms with E-state index in [1.54, 1.807) is 0 Å². The Hall–Kier alpha value is -3.67. The zero-order chi connectivity index (χ0) is 19.2. The van der Waals surface area contributed by atoms with Crippen LogP contribution in [0.3, 0.4) is 0 Å². The molecule has 0 aliphatic carbocycles. The summed E-state index contributed by atoms with van der Waals surface area (Å²) in [5, 5.41) is 11.0. The third-order valence-electron chi connectivity index (χ3n) is 4.40. The summed E-state index contributed by atoms with van der Waals surface area (Å²) in [5.74, 6) is 1.19. The second-order valence-corrected chi connectivity index (χ2v) is 6.38. The number of amides is 1. The van der Waals surface area contributed by atoms with Gasteiger partial charge in [0.25, 0.3) is 5.91 Å². The minimum atomic E-state index is -0.206. The van der Waals surface area contributed by atoms with E-state index in [4.69, 9.17) is 4.74 Å². The molecular formula is C22H20N4O2. The lowest BCUT2D eigenvalue weighted by Gasteiger charge is -2.11. The minimum Gasteiger partial charge on any atom is -0.483 e. The highest BCUT2D eigenvalue weighted by atomic mass is 16.5. The van der Waals surface area contributed by atoms with E-state index in [9.17, 15) is 4.79 Å². The zero-order valence-electron chi connectivity index (χ0n) is 15.3. The van der Waals surface area contributed by atoms with Crippen LogP contribution < -0.4 is 10.1 Å². The summed E-state index contributed by atoms with van der Waals surface area (Å²) in [5.41, 5.74) is 2.99. The molecular weight excluding hydrogens is 352 g/mol. The van der Waals surface area contributed by atoms with Crippen molar-refractivity contribution in [1.82, 2.24) is 19.9 Å². The van der Waals surface area contributed by atoms with E-state index in [1.807, 2.05) is 71.3 Å². The van der Waals surface area contributed by atoms with Crippen LogP contribution in [0.1, 0.15) is 17.0 Å². The van der Waals surface area contributed by atoms with Gasteiger partial charge in [0.2, 0.25) is 0 Å². The first-order valence-corrected chi connectivity index (χ1v) is 9.09. The first-order valence-electron chi connectivity index (χ1n) is 9.09. The standard InChI is InChI=1S/C22H20N4O2/c27-22(23-15-21-25-24-20-12-6-7-13-26(20)21)16-28-19-11-5-4-10-18(19)14-17-8-2-1-3-9-17/h1-13H,14-16H2,(H,23,27). The first-order chi connectivity index (χ1) is 13.8. The number of ether oxygens (including phenoxy) is 1. The Balaban J connectivity index is 1.35. The monoisotopic (exact) mass is 372 g/mol. The highest BCUT2D eigenvalue weighted by Gasteiger charge is 2.09. The molecule has 0 spiro atoms. The molecule has 2 aromatic carbocycles. The van der Waals surface area contributed by atoms with Gasteiger partial charge < -0.3 is 10.1 Å². The Bertz CT molecular complexity index is 1080. The lowest BCUT2D eigenvalue weighted by Crippen LogP contribution is -2.29. The van der Waals surface area contributed by atoms with Crippen LogP contribution in [0.4, 0.5) is 0 Å². The number of carbonyl (C=O) groups excluding carboxylic acids is 1. The van der Waals surface area contributed by atoms with E-state index in [2.05, 4.69) is 27.6 Å². The molecule has 0 saturated heterocycles. The van der Waals surface area contributed by atoms with Gasteiger partial charge in [-0.3, -0.25) is 9.20 Å². The molecule has 1 N–H and O–H groups in total. The maximum atomic E-state index is 12.2. The van der Waals surface area contributed by atoms with Gasteiger partial charge in [0, 0.05) is 12.6 Å². The number of hydrogen-bond acceptors (Lipinski definition) is 4. The van der Waals surface area contributed by atoms with Crippen molar-refractivity contribution in [1.29, 1.82) is 0 Å². The Labute approximate surface area is 162 Å². The smallest absolute Gasteiger partial charge is 0.258 e. The van der Waals surface area contributed by atoms with Gasteiger partial charge in [-0.25, -0.2) is 0 Å². The fourth-order valence-electron chi connectivity index (χ4n) is 2.99. The summed E-state index contributed by atoms with van der Waals surface area (Å²) < 4.78 is 7.62. The molecule has 0 fully saturated rings. The Morgan fingerprint density at radius 1 is 0.929 bits per heavy atom. The molecule has 0 bridgehead atoms. The predicted octanol–water partition coefficient (Wildman–Crippen LogP) is 3.02. The van der Waals surface area contributed by atoms with E-state index in [0.717, 1.165) is 23.4 Å². The summed E-state index contributed by atoms with van der Waals surface area (Å²) in [6.45, 7) is 0.238. The van der Waals surface area contributed by atoms with Crippen LogP contribution in [0.25, 0.3) is 5.65 Å². The number of aromatic nitrogens is 3. The van der Waals surface area contributed by atoms with Gasteiger partial charge in [-0.1, -0.05) is 54.6 Å². The molecule has 1 amide bonds. The molecule has 2 aromatic heterocycles. The van der Waals surface area contributed by atoms with Crippen molar-refractivity contribution in [2.24, 2.45) is 0 Å². The van der Waals surface area contributed by atoms with Crippen LogP contribution in [0.2, 0.25) is 0 Å². The second-order valence-electron chi connectivity index (χ2n) is 6.38. The van der Waals surface area contributed by atoms with Crippen LogP contribution in [0.15, 0.2) is 79.0 Å². The SMILES string of the molecule is O=C(COc1ccccc1Cc1ccccc1)NCc1nnc2ccccn12. The Morgan fingerprint density at radius 3 is 2.61 bits per heavy atom. The zero-order valence-corrected chi connectivity index (χ0v) is 15.3. The largest absolute Gasteiger partial charge is 0.483 e. The molecule has 28 heavy (non-hydrogen) atoms. The van der Waals surface area contributed by atoms with Crippen LogP contribution in [-0.4, -0.2) is 27.1 Å². The summed E-state index contributed by atoms with van der Waals surface area (Å²) in [4.78, 5) is 12.2. The Morgan fingerprint density at radius 2 is 1.71 bits per heavy atom. The highest BCUT2D eigenvalue weighted by Crippen LogP contribution is 2.21. The van der Waals surface area contributed by atoms with Crippen molar-refractivity contribution >= 4 is 11.6 Å². The normalized spacial score (nSPS) is 10.7. The average Bonchev–Trinajstić information content (AvgIpc) is 3.15. The van der Waals surface area contributed by atoms with Crippen molar-refractivity contribution in [2.45, 2.75) is 13.0 Å². The highest BCUT2D eigenvalue weighted by molar-refractivity contribution is 5.77. The van der Waals surface area contributed by atoms with Gasteiger partial charge in [-0.15, -0.1) is 10.2 Å². The van der Waals surface area contributed by atoms with Gasteiger partial charge in [-0.05, 0) is 29.3 Å². The van der Waals surface area contributed by atoms with Crippen LogP contribution in [0, 0.1) is 0 Å². The number of nitrogens with zero attached hydrogens (tertiary/aromatic N) is 3. The molecule has 0 unspecified atom stereocenters. The maximum absolute atomic E-state index is 12.2. The third kappa shape index (κ3) is 4.17. The van der Waals surface area contributed by atoms with Crippen LogP contribution in [-0.2, 0) is 17.8 Å². The van der Waals surface area contributed by atoms with Gasteiger partial charge in [0.05, 0.1) is 6.54 Å². The second kappa shape index (κ2) is 8.35. The molecule has 0 aliphatic rings. The number of fused-ring (bicyclic) bond motifs is 1. The average molecular weight is 372 g/mol. The molecule has 6 nitrogen and oxygen atoms in total. The topological polar surface area (TPSA) is 68.5 Å². The summed E-state index contributed by atoms with van der Waals surface area (Å²) in [6, 6.07) is 23.6. The van der Waals surface area contributed by atoms with Gasteiger partial charge in [0.15, 0.2) is 18.1 Å². The van der Waals surface area contributed by atoms with E-state index >= 15 is 0 Å². The summed E-state index contributed by atoms with van der Waals surface area (Å²) in [6.07, 6.45) is 2.62.